The van der Waals surface area contributed by atoms with Crippen LogP contribution in [0.15, 0.2) is 54.2 Å². The Labute approximate surface area is 180 Å². The molecule has 0 saturated carbocycles. The van der Waals surface area contributed by atoms with Gasteiger partial charge in [0.2, 0.25) is 11.8 Å². The molecule has 1 fully saturated rings. The zero-order valence-electron chi connectivity index (χ0n) is 17.5. The van der Waals surface area contributed by atoms with Crippen molar-refractivity contribution in [2.75, 3.05) is 11.9 Å². The summed E-state index contributed by atoms with van der Waals surface area (Å²) in [4.78, 5) is 31.2. The molecule has 1 saturated heterocycles. The highest BCUT2D eigenvalue weighted by Gasteiger charge is 2.42. The molecule has 30 heavy (non-hydrogen) atoms. The lowest BCUT2D eigenvalue weighted by molar-refractivity contribution is -0.137. The number of aromatic nitrogens is 2. The van der Waals surface area contributed by atoms with Gasteiger partial charge in [-0.2, -0.15) is 5.10 Å². The van der Waals surface area contributed by atoms with Crippen LogP contribution in [0.2, 0.25) is 0 Å². The monoisotopic (exact) mass is 422 g/mol. The number of benzene rings is 1. The number of rotatable bonds is 5. The van der Waals surface area contributed by atoms with Gasteiger partial charge in [0.1, 0.15) is 0 Å². The molecular formula is C23H26N4O2S. The summed E-state index contributed by atoms with van der Waals surface area (Å²) in [7, 11) is 3.69. The Hall–Kier alpha value is -2.93. The van der Waals surface area contributed by atoms with Gasteiger partial charge in [0.15, 0.2) is 0 Å². The summed E-state index contributed by atoms with van der Waals surface area (Å²) >= 11 is 1.60. The molecule has 1 aliphatic heterocycles. The first-order valence-electron chi connectivity index (χ1n) is 10.1. The van der Waals surface area contributed by atoms with E-state index in [0.717, 1.165) is 21.7 Å². The van der Waals surface area contributed by atoms with Crippen LogP contribution in [0.5, 0.6) is 0 Å². The quantitative estimate of drug-likeness (QED) is 0.626. The van der Waals surface area contributed by atoms with E-state index in [1.165, 1.54) is 0 Å². The Kier molecular flexibility index (Phi) is 5.72. The van der Waals surface area contributed by atoms with Crippen LogP contribution in [-0.2, 0) is 23.2 Å². The van der Waals surface area contributed by atoms with Crippen molar-refractivity contribution in [2.45, 2.75) is 32.4 Å². The maximum atomic E-state index is 13.5. The number of aryl methyl sites for hydroxylation is 2. The Bertz CT molecular complexity index is 1030. The maximum Gasteiger partial charge on any atom is 0.228 e. The van der Waals surface area contributed by atoms with Crippen molar-refractivity contribution in [1.82, 2.24) is 14.7 Å². The topological polar surface area (TPSA) is 58.4 Å². The molecule has 2 atom stereocenters. The van der Waals surface area contributed by atoms with Crippen molar-refractivity contribution >= 4 is 28.8 Å². The van der Waals surface area contributed by atoms with Gasteiger partial charge in [-0.1, -0.05) is 23.8 Å². The van der Waals surface area contributed by atoms with E-state index in [9.17, 15) is 9.59 Å². The molecule has 3 heterocycles. The second-order valence-electron chi connectivity index (χ2n) is 7.92. The number of amides is 2. The number of nitrogens with zero attached hydrogens (tertiary/aromatic N) is 4. The predicted octanol–water partition coefficient (Wildman–Crippen LogP) is 3.93. The largest absolute Gasteiger partial charge is 0.341 e. The SMILES string of the molecule is Cc1ccc(N2C(=O)CCC(C(=O)N(C)Cc3cnn(C)c3)C2c2cccs2)cc1. The molecule has 1 aromatic carbocycles. The molecular weight excluding hydrogens is 396 g/mol. The number of anilines is 1. The third-order valence-electron chi connectivity index (χ3n) is 5.62. The van der Waals surface area contributed by atoms with Crippen molar-refractivity contribution in [2.24, 2.45) is 13.0 Å². The highest BCUT2D eigenvalue weighted by atomic mass is 32.1. The van der Waals surface area contributed by atoms with Crippen LogP contribution in [0.25, 0.3) is 0 Å². The molecule has 4 rings (SSSR count). The summed E-state index contributed by atoms with van der Waals surface area (Å²) in [6.07, 6.45) is 4.62. The zero-order chi connectivity index (χ0) is 21.3. The fourth-order valence-corrected chi connectivity index (χ4v) is 5.01. The van der Waals surface area contributed by atoms with Crippen molar-refractivity contribution in [3.63, 3.8) is 0 Å². The summed E-state index contributed by atoms with van der Waals surface area (Å²) in [6.45, 7) is 2.52. The molecule has 2 amide bonds. The van der Waals surface area contributed by atoms with Crippen molar-refractivity contribution in [1.29, 1.82) is 0 Å². The fraction of sp³-hybridized carbons (Fsp3) is 0.348. The Morgan fingerprint density at radius 1 is 1.27 bits per heavy atom. The Morgan fingerprint density at radius 3 is 2.67 bits per heavy atom. The molecule has 6 nitrogen and oxygen atoms in total. The fourth-order valence-electron chi connectivity index (χ4n) is 4.13. The third kappa shape index (κ3) is 4.03. The van der Waals surface area contributed by atoms with Crippen molar-refractivity contribution < 1.29 is 9.59 Å². The minimum absolute atomic E-state index is 0.0573. The normalized spacial score (nSPS) is 19.2. The van der Waals surface area contributed by atoms with Crippen LogP contribution >= 0.6 is 11.3 Å². The molecule has 156 valence electrons. The molecule has 0 radical (unpaired) electrons. The lowest BCUT2D eigenvalue weighted by Gasteiger charge is -2.41. The Morgan fingerprint density at radius 2 is 2.03 bits per heavy atom. The Balaban J connectivity index is 1.66. The van der Waals surface area contributed by atoms with Crippen LogP contribution in [0.3, 0.4) is 0 Å². The average Bonchev–Trinajstić information content (AvgIpc) is 3.40. The minimum Gasteiger partial charge on any atom is -0.341 e. The molecule has 0 aliphatic carbocycles. The lowest BCUT2D eigenvalue weighted by Crippen LogP contribution is -2.48. The van der Waals surface area contributed by atoms with E-state index in [1.54, 1.807) is 27.1 Å². The standard InChI is InChI=1S/C23H26N4O2S/c1-16-6-8-18(9-7-16)27-21(28)11-10-19(22(27)20-5-4-12-30-20)23(29)25(2)14-17-13-24-26(3)15-17/h4-9,12-13,15,19,22H,10-11,14H2,1-3H3. The predicted molar refractivity (Wildman–Crippen MR) is 118 cm³/mol. The number of carbonyl (C=O) groups is 2. The summed E-state index contributed by atoms with van der Waals surface area (Å²) in [5.41, 5.74) is 2.97. The van der Waals surface area contributed by atoms with Crippen LogP contribution in [0.4, 0.5) is 5.69 Å². The number of hydrogen-bond acceptors (Lipinski definition) is 4. The third-order valence-corrected chi connectivity index (χ3v) is 6.56. The molecule has 2 unspecified atom stereocenters. The summed E-state index contributed by atoms with van der Waals surface area (Å²) in [6, 6.07) is 11.7. The molecule has 3 aromatic rings. The smallest absolute Gasteiger partial charge is 0.228 e. The van der Waals surface area contributed by atoms with Crippen LogP contribution in [0.1, 0.15) is 34.9 Å². The zero-order valence-corrected chi connectivity index (χ0v) is 18.3. The minimum atomic E-state index is -0.294. The van der Waals surface area contributed by atoms with E-state index in [2.05, 4.69) is 5.10 Å². The number of thiophene rings is 1. The summed E-state index contributed by atoms with van der Waals surface area (Å²) in [5, 5.41) is 6.20. The number of carbonyl (C=O) groups excluding carboxylic acids is 2. The summed E-state index contributed by atoms with van der Waals surface area (Å²) in [5.74, 6) is -0.164. The molecule has 7 heteroatoms. The van der Waals surface area contributed by atoms with E-state index < -0.39 is 0 Å². The van der Waals surface area contributed by atoms with Gasteiger partial charge in [-0.3, -0.25) is 14.3 Å². The van der Waals surface area contributed by atoms with Gasteiger partial charge in [0.25, 0.3) is 0 Å². The average molecular weight is 423 g/mol. The van der Waals surface area contributed by atoms with Gasteiger partial charge in [-0.25, -0.2) is 0 Å². The molecule has 0 bridgehead atoms. The van der Waals surface area contributed by atoms with Gasteiger partial charge < -0.3 is 9.80 Å². The number of piperidine rings is 1. The highest BCUT2D eigenvalue weighted by molar-refractivity contribution is 7.10. The highest BCUT2D eigenvalue weighted by Crippen LogP contribution is 2.42. The van der Waals surface area contributed by atoms with Gasteiger partial charge in [-0.15, -0.1) is 11.3 Å². The maximum absolute atomic E-state index is 13.5. The van der Waals surface area contributed by atoms with E-state index in [-0.39, 0.29) is 23.8 Å². The van der Waals surface area contributed by atoms with Crippen molar-refractivity contribution in [3.05, 3.63) is 70.2 Å². The van der Waals surface area contributed by atoms with Crippen LogP contribution < -0.4 is 4.90 Å². The van der Waals surface area contributed by atoms with E-state index in [1.807, 2.05) is 73.9 Å². The van der Waals surface area contributed by atoms with E-state index >= 15 is 0 Å². The summed E-state index contributed by atoms with van der Waals surface area (Å²) < 4.78 is 1.74. The van der Waals surface area contributed by atoms with Crippen LogP contribution in [-0.4, -0.2) is 33.5 Å². The first kappa shape index (κ1) is 20.3. The van der Waals surface area contributed by atoms with E-state index in [4.69, 9.17) is 0 Å². The number of hydrogen-bond donors (Lipinski definition) is 0. The van der Waals surface area contributed by atoms with E-state index in [0.29, 0.717) is 19.4 Å². The van der Waals surface area contributed by atoms with Crippen LogP contribution in [0, 0.1) is 12.8 Å². The lowest BCUT2D eigenvalue weighted by atomic mass is 9.86. The molecule has 1 aliphatic rings. The van der Waals surface area contributed by atoms with Gasteiger partial charge in [0.05, 0.1) is 18.2 Å². The van der Waals surface area contributed by atoms with Gasteiger partial charge >= 0.3 is 0 Å². The second kappa shape index (κ2) is 8.44. The first-order chi connectivity index (χ1) is 14.4. The van der Waals surface area contributed by atoms with Gasteiger partial charge in [0, 0.05) is 49.4 Å². The molecule has 2 aromatic heterocycles. The molecule has 0 spiro atoms. The van der Waals surface area contributed by atoms with Crippen molar-refractivity contribution in [3.8, 4) is 0 Å². The first-order valence-corrected chi connectivity index (χ1v) is 11.0. The van der Waals surface area contributed by atoms with Gasteiger partial charge in [-0.05, 0) is 36.9 Å². The second-order valence-corrected chi connectivity index (χ2v) is 8.90. The molecule has 0 N–H and O–H groups in total.